The summed E-state index contributed by atoms with van der Waals surface area (Å²) in [5.74, 6) is 0. The van der Waals surface area contributed by atoms with Crippen molar-refractivity contribution in [2.24, 2.45) is 0 Å². The highest BCUT2D eigenvalue weighted by molar-refractivity contribution is 7.26. The van der Waals surface area contributed by atoms with Crippen molar-refractivity contribution in [3.8, 4) is 5.69 Å². The summed E-state index contributed by atoms with van der Waals surface area (Å²) in [6.07, 6.45) is 0. The molecule has 51 heavy (non-hydrogen) atoms. The number of thiophene rings is 1. The zero-order valence-corrected chi connectivity index (χ0v) is 28.4. The van der Waals surface area contributed by atoms with Gasteiger partial charge in [-0.3, -0.25) is 0 Å². The van der Waals surface area contributed by atoms with Crippen molar-refractivity contribution >= 4 is 103 Å². The highest BCUT2D eigenvalue weighted by Gasteiger charge is 2.21. The summed E-state index contributed by atoms with van der Waals surface area (Å²) >= 11 is 1.88. The van der Waals surface area contributed by atoms with E-state index in [0.29, 0.717) is 0 Å². The minimum atomic E-state index is 1.13. The second-order valence-electron chi connectivity index (χ2n) is 13.3. The van der Waals surface area contributed by atoms with Gasteiger partial charge in [0.1, 0.15) is 0 Å². The maximum Gasteiger partial charge on any atom is 0.0640 e. The topological polar surface area (TPSA) is 8.17 Å². The first-order valence-electron chi connectivity index (χ1n) is 17.4. The number of benzene rings is 9. The summed E-state index contributed by atoms with van der Waals surface area (Å²) in [6, 6.07) is 66.8. The first-order chi connectivity index (χ1) is 25.3. The van der Waals surface area contributed by atoms with Crippen LogP contribution >= 0.6 is 11.3 Å². The molecule has 238 valence electrons. The molecule has 11 aromatic rings. The first-order valence-corrected chi connectivity index (χ1v) is 18.3. The van der Waals surface area contributed by atoms with E-state index in [0.717, 1.165) is 17.1 Å². The van der Waals surface area contributed by atoms with Crippen LogP contribution in [-0.2, 0) is 0 Å². The monoisotopic (exact) mass is 666 g/mol. The van der Waals surface area contributed by atoms with E-state index in [1.165, 1.54) is 80.0 Å². The Balaban J connectivity index is 1.21. The van der Waals surface area contributed by atoms with Crippen molar-refractivity contribution in [1.29, 1.82) is 0 Å². The lowest BCUT2D eigenvalue weighted by atomic mass is 9.96. The normalized spacial score (nSPS) is 11.9. The van der Waals surface area contributed by atoms with Gasteiger partial charge in [-0.1, -0.05) is 121 Å². The summed E-state index contributed by atoms with van der Waals surface area (Å²) in [5, 5.41) is 12.7. The molecule has 0 unspecified atom stereocenters. The van der Waals surface area contributed by atoms with Crippen molar-refractivity contribution in [3.63, 3.8) is 0 Å². The predicted molar refractivity (Wildman–Crippen MR) is 221 cm³/mol. The first kappa shape index (κ1) is 28.4. The Morgan fingerprint density at radius 1 is 0.373 bits per heavy atom. The fraction of sp³-hybridized carbons (Fsp3) is 0. The largest absolute Gasteiger partial charge is 0.309 e. The van der Waals surface area contributed by atoms with Crippen molar-refractivity contribution in [1.82, 2.24) is 4.57 Å². The molecule has 0 N–H and O–H groups in total. The van der Waals surface area contributed by atoms with Crippen LogP contribution in [-0.4, -0.2) is 4.57 Å². The molecule has 0 bridgehead atoms. The SMILES string of the molecule is c1ccc(-n2c3ccccc3c3cc(N(c4ccc5ccc6c7ccccc7ccc6c5c4)c4cccc5c4sc4ccccc45)ccc32)cc1. The molecule has 3 heteroatoms. The average Bonchev–Trinajstić information content (AvgIpc) is 3.74. The standard InChI is InChI=1S/C48H30N2S/c1-2-12-33(13-3-1)50-44-18-8-6-15-39(44)43-30-35(25-28-45(43)50)49(46-19-10-17-41-40-16-7-9-20-47(40)51-48(41)46)34-24-21-32-23-26-37-36-14-5-4-11-31(36)22-27-38(37)42(32)29-34/h1-30H. The molecule has 0 fully saturated rings. The van der Waals surface area contributed by atoms with Crippen molar-refractivity contribution in [2.75, 3.05) is 4.90 Å². The van der Waals surface area contributed by atoms with Crippen molar-refractivity contribution in [3.05, 3.63) is 182 Å². The molecule has 2 heterocycles. The van der Waals surface area contributed by atoms with Gasteiger partial charge in [0.25, 0.3) is 0 Å². The van der Waals surface area contributed by atoms with E-state index in [-0.39, 0.29) is 0 Å². The number of fused-ring (bicyclic) bond motifs is 11. The van der Waals surface area contributed by atoms with Crippen LogP contribution in [0.5, 0.6) is 0 Å². The molecule has 11 rings (SSSR count). The van der Waals surface area contributed by atoms with Gasteiger partial charge in [-0.05, 0) is 93.0 Å². The Morgan fingerprint density at radius 2 is 0.980 bits per heavy atom. The van der Waals surface area contributed by atoms with Gasteiger partial charge in [0.05, 0.1) is 21.4 Å². The Labute approximate surface area is 298 Å². The number of hydrogen-bond donors (Lipinski definition) is 0. The van der Waals surface area contributed by atoms with Crippen molar-refractivity contribution in [2.45, 2.75) is 0 Å². The van der Waals surface area contributed by atoms with Gasteiger partial charge in [0.2, 0.25) is 0 Å². The van der Waals surface area contributed by atoms with Gasteiger partial charge in [-0.15, -0.1) is 11.3 Å². The molecule has 0 atom stereocenters. The molecule has 2 nitrogen and oxygen atoms in total. The lowest BCUT2D eigenvalue weighted by Gasteiger charge is -2.27. The lowest BCUT2D eigenvalue weighted by Crippen LogP contribution is -2.10. The van der Waals surface area contributed by atoms with Crippen LogP contribution in [0.15, 0.2) is 182 Å². The third-order valence-corrected chi connectivity index (χ3v) is 11.7. The molecule has 0 saturated heterocycles. The van der Waals surface area contributed by atoms with Crippen LogP contribution in [0, 0.1) is 0 Å². The van der Waals surface area contributed by atoms with E-state index in [9.17, 15) is 0 Å². The number of aromatic nitrogens is 1. The smallest absolute Gasteiger partial charge is 0.0640 e. The zero-order valence-electron chi connectivity index (χ0n) is 27.6. The molecular formula is C48H30N2S. The van der Waals surface area contributed by atoms with Gasteiger partial charge < -0.3 is 9.47 Å². The van der Waals surface area contributed by atoms with E-state index >= 15 is 0 Å². The molecule has 9 aromatic carbocycles. The van der Waals surface area contributed by atoms with Gasteiger partial charge in [-0.2, -0.15) is 0 Å². The zero-order chi connectivity index (χ0) is 33.5. The van der Waals surface area contributed by atoms with Crippen molar-refractivity contribution < 1.29 is 0 Å². The van der Waals surface area contributed by atoms with E-state index in [4.69, 9.17) is 0 Å². The van der Waals surface area contributed by atoms with Gasteiger partial charge >= 0.3 is 0 Å². The van der Waals surface area contributed by atoms with Crippen LogP contribution in [0.1, 0.15) is 0 Å². The average molecular weight is 667 g/mol. The van der Waals surface area contributed by atoms with Crippen LogP contribution in [0.4, 0.5) is 17.1 Å². The second kappa shape index (κ2) is 11.0. The highest BCUT2D eigenvalue weighted by Crippen LogP contribution is 2.47. The molecule has 0 radical (unpaired) electrons. The molecule has 2 aromatic heterocycles. The van der Waals surface area contributed by atoms with Gasteiger partial charge in [0.15, 0.2) is 0 Å². The number of anilines is 3. The Bertz CT molecular complexity index is 3150. The molecule has 0 aliphatic heterocycles. The number of para-hydroxylation sites is 2. The molecule has 0 aliphatic rings. The Hall–Kier alpha value is -6.42. The van der Waals surface area contributed by atoms with Crippen LogP contribution in [0.2, 0.25) is 0 Å². The Morgan fingerprint density at radius 3 is 1.84 bits per heavy atom. The highest BCUT2D eigenvalue weighted by atomic mass is 32.1. The summed E-state index contributed by atoms with van der Waals surface area (Å²) in [6.45, 7) is 0. The number of rotatable bonds is 4. The molecule has 0 aliphatic carbocycles. The molecule has 0 amide bonds. The molecule has 0 spiro atoms. The van der Waals surface area contributed by atoms with E-state index in [1.807, 2.05) is 11.3 Å². The molecular weight excluding hydrogens is 637 g/mol. The van der Waals surface area contributed by atoms with Crippen LogP contribution in [0.25, 0.3) is 80.0 Å². The van der Waals surface area contributed by atoms with Crippen LogP contribution < -0.4 is 4.90 Å². The summed E-state index contributed by atoms with van der Waals surface area (Å²) in [5.41, 5.74) is 7.02. The second-order valence-corrected chi connectivity index (χ2v) is 14.4. The molecule has 0 saturated carbocycles. The lowest BCUT2D eigenvalue weighted by molar-refractivity contribution is 1.18. The maximum absolute atomic E-state index is 2.48. The van der Waals surface area contributed by atoms with Gasteiger partial charge in [0, 0.05) is 43.3 Å². The van der Waals surface area contributed by atoms with Gasteiger partial charge in [-0.25, -0.2) is 0 Å². The van der Waals surface area contributed by atoms with Crippen LogP contribution in [0.3, 0.4) is 0 Å². The predicted octanol–water partition coefficient (Wildman–Crippen LogP) is 14.1. The third-order valence-electron chi connectivity index (χ3n) is 10.5. The van der Waals surface area contributed by atoms with E-state index in [1.54, 1.807) is 0 Å². The quantitative estimate of drug-likeness (QED) is 0.170. The summed E-state index contributed by atoms with van der Waals surface area (Å²) in [4.78, 5) is 2.48. The fourth-order valence-electron chi connectivity index (χ4n) is 8.24. The third kappa shape index (κ3) is 4.29. The summed E-state index contributed by atoms with van der Waals surface area (Å²) in [7, 11) is 0. The summed E-state index contributed by atoms with van der Waals surface area (Å²) < 4.78 is 4.98. The fourth-order valence-corrected chi connectivity index (χ4v) is 9.44. The Kier molecular flexibility index (Phi) is 6.16. The minimum absolute atomic E-state index is 1.13. The number of hydrogen-bond acceptors (Lipinski definition) is 2. The minimum Gasteiger partial charge on any atom is -0.309 e. The van der Waals surface area contributed by atoms with E-state index in [2.05, 4.69) is 191 Å². The number of nitrogens with zero attached hydrogens (tertiary/aromatic N) is 2. The maximum atomic E-state index is 2.48. The van der Waals surface area contributed by atoms with E-state index < -0.39 is 0 Å².